The van der Waals surface area contributed by atoms with E-state index in [9.17, 15) is 5.26 Å². The summed E-state index contributed by atoms with van der Waals surface area (Å²) >= 11 is 0. The van der Waals surface area contributed by atoms with Crippen molar-refractivity contribution in [2.75, 3.05) is 0 Å². The third-order valence-corrected chi connectivity index (χ3v) is 4.57. The van der Waals surface area contributed by atoms with Crippen LogP contribution in [0.3, 0.4) is 0 Å². The first-order valence-electron chi connectivity index (χ1n) is 9.90. The van der Waals surface area contributed by atoms with Gasteiger partial charge in [0, 0.05) is 0 Å². The Bertz CT molecular complexity index is 1060. The molecule has 0 unspecified atom stereocenters. The van der Waals surface area contributed by atoms with Gasteiger partial charge in [-0.05, 0) is 53.3 Å². The van der Waals surface area contributed by atoms with Gasteiger partial charge in [-0.1, -0.05) is 110 Å². The zero-order valence-corrected chi connectivity index (χ0v) is 17.7. The van der Waals surface area contributed by atoms with Crippen molar-refractivity contribution in [3.05, 3.63) is 133 Å². The van der Waals surface area contributed by atoms with Crippen LogP contribution >= 0.6 is 0 Å². The molecule has 0 aliphatic carbocycles. The van der Waals surface area contributed by atoms with Crippen LogP contribution < -0.4 is 0 Å². The van der Waals surface area contributed by atoms with Gasteiger partial charge in [0.25, 0.3) is 0 Å². The van der Waals surface area contributed by atoms with E-state index < -0.39 is 0 Å². The molecule has 0 bridgehead atoms. The average Bonchev–Trinajstić information content (AvgIpc) is 2.79. The molecule has 0 radical (unpaired) electrons. The van der Waals surface area contributed by atoms with Crippen LogP contribution in [0, 0.1) is 11.3 Å². The second-order valence-electron chi connectivity index (χ2n) is 6.57. The van der Waals surface area contributed by atoms with E-state index in [2.05, 4.69) is 37.4 Å². The van der Waals surface area contributed by atoms with Crippen molar-refractivity contribution in [3.8, 4) is 6.07 Å². The van der Waals surface area contributed by atoms with Crippen molar-refractivity contribution >= 4 is 22.8 Å². The van der Waals surface area contributed by atoms with Gasteiger partial charge in [0.15, 0.2) is 0 Å². The summed E-state index contributed by atoms with van der Waals surface area (Å²) in [5.41, 5.74) is 6.95. The van der Waals surface area contributed by atoms with Gasteiger partial charge in [-0.2, -0.15) is 5.26 Å². The fourth-order valence-electron chi connectivity index (χ4n) is 3.05. The van der Waals surface area contributed by atoms with Gasteiger partial charge in [0.05, 0.1) is 11.6 Å². The maximum atomic E-state index is 9.68. The third-order valence-electron chi connectivity index (χ3n) is 4.57. The predicted molar refractivity (Wildman–Crippen MR) is 132 cm³/mol. The van der Waals surface area contributed by atoms with Gasteiger partial charge < -0.3 is 0 Å². The van der Waals surface area contributed by atoms with Gasteiger partial charge in [-0.25, -0.2) is 0 Å². The Balaban J connectivity index is 2.30. The first-order valence-corrected chi connectivity index (χ1v) is 9.90. The molecule has 30 heavy (non-hydrogen) atoms. The average molecular weight is 390 g/mol. The van der Waals surface area contributed by atoms with E-state index in [4.69, 9.17) is 0 Å². The summed E-state index contributed by atoms with van der Waals surface area (Å²) in [6.07, 6.45) is 17.5. The number of allylic oxidation sites excluding steroid dienone is 11. The first kappa shape index (κ1) is 22.4. The molecule has 1 nitrogen and oxygen atoms in total. The lowest BCUT2D eigenvalue weighted by atomic mass is 9.98. The minimum atomic E-state index is 0.632. The van der Waals surface area contributed by atoms with Crippen LogP contribution in [-0.4, -0.2) is 0 Å². The Morgan fingerprint density at radius 3 is 1.93 bits per heavy atom. The highest BCUT2D eigenvalue weighted by Gasteiger charge is 2.04. The number of benzene rings is 2. The largest absolute Gasteiger partial charge is 0.192 e. The Hall–Kier alpha value is -3.89. The molecular weight excluding hydrogens is 362 g/mol. The van der Waals surface area contributed by atoms with Gasteiger partial charge in [0.1, 0.15) is 0 Å². The molecule has 0 spiro atoms. The fraction of sp³-hybridized carbons (Fsp3) is 0.0690. The van der Waals surface area contributed by atoms with Crippen molar-refractivity contribution in [1.29, 1.82) is 5.26 Å². The van der Waals surface area contributed by atoms with Gasteiger partial charge in [-0.15, -0.1) is 0 Å². The summed E-state index contributed by atoms with van der Waals surface area (Å²) in [7, 11) is 0. The van der Waals surface area contributed by atoms with E-state index in [0.29, 0.717) is 5.57 Å². The van der Waals surface area contributed by atoms with Gasteiger partial charge >= 0.3 is 0 Å². The second kappa shape index (κ2) is 11.8. The van der Waals surface area contributed by atoms with E-state index in [0.717, 1.165) is 33.4 Å². The standard InChI is InChI=1S/C29H27N/c1-5-9-12-24(8-4)26-15-13-23(14-16-26)21-29(22-30)28-19-17-27(18-20-28)25(10-6-2)11-7-3/h5-21H,1-2H2,3-4H3/b11-7-,12-9-,24-8+,25-10+,29-21+. The van der Waals surface area contributed by atoms with E-state index >= 15 is 0 Å². The molecule has 0 atom stereocenters. The van der Waals surface area contributed by atoms with Crippen LogP contribution in [-0.2, 0) is 0 Å². The monoisotopic (exact) mass is 389 g/mol. The molecule has 0 fully saturated rings. The second-order valence-corrected chi connectivity index (χ2v) is 6.57. The van der Waals surface area contributed by atoms with Gasteiger partial charge in [0.2, 0.25) is 0 Å². The maximum absolute atomic E-state index is 9.68. The predicted octanol–water partition coefficient (Wildman–Crippen LogP) is 8.04. The van der Waals surface area contributed by atoms with Crippen molar-refractivity contribution in [2.45, 2.75) is 13.8 Å². The van der Waals surface area contributed by atoms with Crippen LogP contribution in [0.25, 0.3) is 22.8 Å². The maximum Gasteiger partial charge on any atom is 0.0998 e. The molecule has 2 aromatic carbocycles. The topological polar surface area (TPSA) is 23.8 Å². The van der Waals surface area contributed by atoms with E-state index in [-0.39, 0.29) is 0 Å². The minimum absolute atomic E-state index is 0.632. The summed E-state index contributed by atoms with van der Waals surface area (Å²) < 4.78 is 0. The Morgan fingerprint density at radius 2 is 1.40 bits per heavy atom. The Kier molecular flexibility index (Phi) is 8.84. The molecule has 0 saturated heterocycles. The van der Waals surface area contributed by atoms with Crippen LogP contribution in [0.2, 0.25) is 0 Å². The normalized spacial score (nSPS) is 12.9. The van der Waals surface area contributed by atoms with Gasteiger partial charge in [-0.3, -0.25) is 0 Å². The molecule has 0 saturated carbocycles. The molecule has 0 heterocycles. The molecule has 0 aromatic heterocycles. The number of hydrogen-bond acceptors (Lipinski definition) is 1. The molecule has 2 aromatic rings. The molecule has 0 N–H and O–H groups in total. The highest BCUT2D eigenvalue weighted by atomic mass is 14.2. The molecule has 0 aliphatic rings. The zero-order chi connectivity index (χ0) is 21.8. The van der Waals surface area contributed by atoms with Crippen LogP contribution in [0.4, 0.5) is 0 Å². The summed E-state index contributed by atoms with van der Waals surface area (Å²) in [4.78, 5) is 0. The van der Waals surface area contributed by atoms with Crippen LogP contribution in [0.5, 0.6) is 0 Å². The van der Waals surface area contributed by atoms with E-state index in [1.165, 1.54) is 0 Å². The molecule has 0 aliphatic heterocycles. The fourth-order valence-corrected chi connectivity index (χ4v) is 3.05. The Labute approximate surface area is 180 Å². The molecule has 0 amide bonds. The van der Waals surface area contributed by atoms with Crippen molar-refractivity contribution < 1.29 is 0 Å². The SMILES string of the molecule is C=C/C=C\C(=C/C)c1ccc(/C=C(\C#N)c2ccc(C(/C=C\C)=C/C=C)cc2)cc1. The lowest BCUT2D eigenvalue weighted by Gasteiger charge is -2.06. The number of hydrogen-bond donors (Lipinski definition) is 0. The quantitative estimate of drug-likeness (QED) is 0.254. The van der Waals surface area contributed by atoms with E-state index in [1.54, 1.807) is 12.2 Å². The lowest BCUT2D eigenvalue weighted by Crippen LogP contribution is -1.86. The summed E-state index contributed by atoms with van der Waals surface area (Å²) in [5, 5.41) is 9.68. The van der Waals surface area contributed by atoms with Crippen molar-refractivity contribution in [3.63, 3.8) is 0 Å². The zero-order valence-electron chi connectivity index (χ0n) is 17.7. The molecule has 148 valence electrons. The molecule has 2 rings (SSSR count). The first-order chi connectivity index (χ1) is 14.7. The Morgan fingerprint density at radius 1 is 0.800 bits per heavy atom. The van der Waals surface area contributed by atoms with E-state index in [1.807, 2.05) is 86.7 Å². The van der Waals surface area contributed by atoms with Crippen LogP contribution in [0.15, 0.2) is 110 Å². The third kappa shape index (κ3) is 6.06. The smallest absolute Gasteiger partial charge is 0.0998 e. The highest BCUT2D eigenvalue weighted by Crippen LogP contribution is 2.23. The minimum Gasteiger partial charge on any atom is -0.192 e. The summed E-state index contributed by atoms with van der Waals surface area (Å²) in [5.74, 6) is 0. The molecule has 1 heteroatoms. The summed E-state index contributed by atoms with van der Waals surface area (Å²) in [6, 6.07) is 18.5. The lowest BCUT2D eigenvalue weighted by molar-refractivity contribution is 1.51. The van der Waals surface area contributed by atoms with Crippen LogP contribution in [0.1, 0.15) is 36.1 Å². The highest BCUT2D eigenvalue weighted by molar-refractivity contribution is 5.90. The number of nitriles is 1. The van der Waals surface area contributed by atoms with Crippen molar-refractivity contribution in [2.24, 2.45) is 0 Å². The summed E-state index contributed by atoms with van der Waals surface area (Å²) in [6.45, 7) is 11.5. The number of nitrogens with zero attached hydrogens (tertiary/aromatic N) is 1. The van der Waals surface area contributed by atoms with Crippen molar-refractivity contribution in [1.82, 2.24) is 0 Å². The molecular formula is C29H27N. The number of rotatable bonds is 8.